The number of carbonyl (C=O) groups is 2. The molecule has 0 unspecified atom stereocenters. The Kier molecular flexibility index (Phi) is 3.66. The molecule has 19 heavy (non-hydrogen) atoms. The summed E-state index contributed by atoms with van der Waals surface area (Å²) >= 11 is 1.56. The molecule has 0 radical (unpaired) electrons. The van der Waals surface area contributed by atoms with E-state index in [0.717, 1.165) is 9.75 Å². The first-order valence-electron chi connectivity index (χ1n) is 5.58. The van der Waals surface area contributed by atoms with Gasteiger partial charge in [0.05, 0.1) is 17.4 Å². The number of rotatable bonds is 4. The number of hydrogen-bond acceptors (Lipinski definition) is 4. The Morgan fingerprint density at radius 2 is 2.21 bits per heavy atom. The van der Waals surface area contributed by atoms with Crippen LogP contribution in [-0.2, 0) is 11.3 Å². The third-order valence-corrected chi connectivity index (χ3v) is 3.44. The van der Waals surface area contributed by atoms with Crippen molar-refractivity contribution in [1.82, 2.24) is 9.78 Å². The molecule has 0 aliphatic heterocycles. The van der Waals surface area contributed by atoms with Gasteiger partial charge in [-0.05, 0) is 19.9 Å². The number of nitrogens with zero attached hydrogens (tertiary/aromatic N) is 2. The Morgan fingerprint density at radius 1 is 1.47 bits per heavy atom. The van der Waals surface area contributed by atoms with Crippen LogP contribution in [0.15, 0.2) is 18.5 Å². The van der Waals surface area contributed by atoms with Gasteiger partial charge in [-0.25, -0.2) is 0 Å². The van der Waals surface area contributed by atoms with Crippen molar-refractivity contribution in [2.75, 3.05) is 5.32 Å². The highest BCUT2D eigenvalue weighted by atomic mass is 32.1. The van der Waals surface area contributed by atoms with Crippen molar-refractivity contribution in [3.05, 3.63) is 33.8 Å². The molecule has 0 spiro atoms. The predicted molar refractivity (Wildman–Crippen MR) is 71.6 cm³/mol. The number of carboxylic acids is 1. The van der Waals surface area contributed by atoms with Crippen molar-refractivity contribution in [1.29, 1.82) is 0 Å². The van der Waals surface area contributed by atoms with Gasteiger partial charge in [-0.2, -0.15) is 5.10 Å². The van der Waals surface area contributed by atoms with E-state index >= 15 is 0 Å². The van der Waals surface area contributed by atoms with Crippen molar-refractivity contribution in [3.8, 4) is 0 Å². The van der Waals surface area contributed by atoms with Gasteiger partial charge in [0.2, 0.25) is 0 Å². The minimum absolute atomic E-state index is 0.211. The Bertz CT molecular complexity index is 630. The van der Waals surface area contributed by atoms with Gasteiger partial charge in [0.15, 0.2) is 0 Å². The van der Waals surface area contributed by atoms with E-state index in [1.807, 2.05) is 19.9 Å². The molecule has 2 rings (SSSR count). The summed E-state index contributed by atoms with van der Waals surface area (Å²) in [5.41, 5.74) is 1.11. The summed E-state index contributed by atoms with van der Waals surface area (Å²) in [4.78, 5) is 24.6. The highest BCUT2D eigenvalue weighted by molar-refractivity contribution is 7.12. The number of nitrogens with one attached hydrogen (secondary N) is 1. The third-order valence-electron chi connectivity index (χ3n) is 2.47. The maximum Gasteiger partial charge on any atom is 0.325 e. The van der Waals surface area contributed by atoms with Crippen molar-refractivity contribution >= 4 is 28.9 Å². The molecule has 0 saturated heterocycles. The molecule has 0 atom stereocenters. The van der Waals surface area contributed by atoms with E-state index in [2.05, 4.69) is 10.4 Å². The Morgan fingerprint density at radius 3 is 2.79 bits per heavy atom. The number of thiophene rings is 1. The first-order valence-corrected chi connectivity index (χ1v) is 6.40. The van der Waals surface area contributed by atoms with E-state index in [4.69, 9.17) is 5.11 Å². The fourth-order valence-electron chi connectivity index (χ4n) is 1.71. The summed E-state index contributed by atoms with van der Waals surface area (Å²) in [7, 11) is 0. The molecule has 6 nitrogen and oxygen atoms in total. The second-order valence-electron chi connectivity index (χ2n) is 4.10. The molecular formula is C12H13N3O3S. The van der Waals surface area contributed by atoms with Crippen molar-refractivity contribution in [2.24, 2.45) is 0 Å². The van der Waals surface area contributed by atoms with E-state index in [-0.39, 0.29) is 12.5 Å². The van der Waals surface area contributed by atoms with E-state index in [1.54, 1.807) is 11.3 Å². The lowest BCUT2D eigenvalue weighted by atomic mass is 10.2. The number of hydrogen-bond donors (Lipinski definition) is 2. The van der Waals surface area contributed by atoms with Gasteiger partial charge in [0.1, 0.15) is 6.54 Å². The smallest absolute Gasteiger partial charge is 0.325 e. The lowest BCUT2D eigenvalue weighted by molar-refractivity contribution is -0.137. The zero-order valence-corrected chi connectivity index (χ0v) is 11.3. The summed E-state index contributed by atoms with van der Waals surface area (Å²) in [6.45, 7) is 3.60. The summed E-state index contributed by atoms with van der Waals surface area (Å²) in [6, 6.07) is 1.83. The molecule has 0 aliphatic carbocycles. The zero-order valence-electron chi connectivity index (χ0n) is 10.5. The summed E-state index contributed by atoms with van der Waals surface area (Å²) in [5.74, 6) is -1.19. The second kappa shape index (κ2) is 5.23. The molecule has 0 bridgehead atoms. The zero-order chi connectivity index (χ0) is 14.0. The van der Waals surface area contributed by atoms with Crippen LogP contribution < -0.4 is 5.32 Å². The molecule has 0 aliphatic rings. The molecular weight excluding hydrogens is 266 g/mol. The molecule has 2 N–H and O–H groups in total. The molecule has 0 saturated carbocycles. The van der Waals surface area contributed by atoms with Crippen molar-refractivity contribution in [3.63, 3.8) is 0 Å². The van der Waals surface area contributed by atoms with E-state index < -0.39 is 5.97 Å². The van der Waals surface area contributed by atoms with Crippen LogP contribution in [0.2, 0.25) is 0 Å². The SMILES string of the molecule is Cc1cc(C(=O)Nc2cnn(CC(=O)O)c2)c(C)s1. The van der Waals surface area contributed by atoms with Gasteiger partial charge in [0, 0.05) is 16.0 Å². The molecule has 2 aromatic rings. The Balaban J connectivity index is 2.09. The van der Waals surface area contributed by atoms with Crippen LogP contribution in [0.3, 0.4) is 0 Å². The molecule has 100 valence electrons. The van der Waals surface area contributed by atoms with Crippen LogP contribution in [0, 0.1) is 13.8 Å². The van der Waals surface area contributed by atoms with Gasteiger partial charge in [0.25, 0.3) is 5.91 Å². The normalized spacial score (nSPS) is 10.4. The molecule has 7 heteroatoms. The number of aryl methyl sites for hydroxylation is 2. The lowest BCUT2D eigenvalue weighted by Crippen LogP contribution is -2.12. The monoisotopic (exact) mass is 279 g/mol. The quantitative estimate of drug-likeness (QED) is 0.895. The van der Waals surface area contributed by atoms with Crippen LogP contribution in [-0.4, -0.2) is 26.8 Å². The largest absolute Gasteiger partial charge is 0.480 e. The van der Waals surface area contributed by atoms with Crippen molar-refractivity contribution < 1.29 is 14.7 Å². The van der Waals surface area contributed by atoms with Crippen LogP contribution in [0.25, 0.3) is 0 Å². The highest BCUT2D eigenvalue weighted by Gasteiger charge is 2.13. The topological polar surface area (TPSA) is 84.2 Å². The minimum Gasteiger partial charge on any atom is -0.480 e. The average Bonchev–Trinajstić information content (AvgIpc) is 2.84. The minimum atomic E-state index is -0.981. The predicted octanol–water partition coefficient (Wildman–Crippen LogP) is 1.90. The van der Waals surface area contributed by atoms with Gasteiger partial charge in [-0.3, -0.25) is 14.3 Å². The number of aromatic nitrogens is 2. The molecule has 1 amide bonds. The first kappa shape index (κ1) is 13.3. The summed E-state index contributed by atoms with van der Waals surface area (Å²) < 4.78 is 1.25. The fraction of sp³-hybridized carbons (Fsp3) is 0.250. The van der Waals surface area contributed by atoms with Crippen LogP contribution in [0.4, 0.5) is 5.69 Å². The maximum atomic E-state index is 12.0. The number of aliphatic carboxylic acids is 1. The van der Waals surface area contributed by atoms with E-state index in [0.29, 0.717) is 11.3 Å². The summed E-state index contributed by atoms with van der Waals surface area (Å²) in [6.07, 6.45) is 2.91. The average molecular weight is 279 g/mol. The van der Waals surface area contributed by atoms with E-state index in [1.165, 1.54) is 17.1 Å². The molecule has 0 aromatic carbocycles. The van der Waals surface area contributed by atoms with Gasteiger partial charge >= 0.3 is 5.97 Å². The first-order chi connectivity index (χ1) is 8.95. The Hall–Kier alpha value is -2.15. The van der Waals surface area contributed by atoms with Crippen molar-refractivity contribution in [2.45, 2.75) is 20.4 Å². The number of anilines is 1. The van der Waals surface area contributed by atoms with Gasteiger partial charge in [-0.15, -0.1) is 11.3 Å². The van der Waals surface area contributed by atoms with Gasteiger partial charge in [-0.1, -0.05) is 0 Å². The number of amides is 1. The third kappa shape index (κ3) is 3.19. The number of carbonyl (C=O) groups excluding carboxylic acids is 1. The van der Waals surface area contributed by atoms with Gasteiger partial charge < -0.3 is 10.4 Å². The lowest BCUT2D eigenvalue weighted by Gasteiger charge is -2.01. The standard InChI is InChI=1S/C12H13N3O3S/c1-7-3-10(8(2)19-7)12(18)14-9-4-13-15(5-9)6-11(16)17/h3-5H,6H2,1-2H3,(H,14,18)(H,16,17). The highest BCUT2D eigenvalue weighted by Crippen LogP contribution is 2.21. The maximum absolute atomic E-state index is 12.0. The summed E-state index contributed by atoms with van der Waals surface area (Å²) in [5, 5.41) is 15.2. The Labute approximate surface area is 113 Å². The van der Waals surface area contributed by atoms with Crippen LogP contribution in [0.1, 0.15) is 20.1 Å². The second-order valence-corrected chi connectivity index (χ2v) is 5.56. The molecule has 2 aromatic heterocycles. The molecule has 2 heterocycles. The fourth-order valence-corrected chi connectivity index (χ4v) is 2.63. The van der Waals surface area contributed by atoms with Crippen LogP contribution >= 0.6 is 11.3 Å². The number of carboxylic acid groups (broad SMARTS) is 1. The van der Waals surface area contributed by atoms with E-state index in [9.17, 15) is 9.59 Å². The molecule has 0 fully saturated rings. The van der Waals surface area contributed by atoms with Crippen LogP contribution in [0.5, 0.6) is 0 Å².